The van der Waals surface area contributed by atoms with Crippen molar-refractivity contribution in [1.29, 1.82) is 0 Å². The number of rotatable bonds is 7. The zero-order chi connectivity index (χ0) is 15.3. The van der Waals surface area contributed by atoms with Gasteiger partial charge in [0.1, 0.15) is 5.49 Å². The van der Waals surface area contributed by atoms with E-state index in [1.165, 1.54) is 6.42 Å². The standard InChI is InChI=1S/C14H29O4PS/c1-6-17-19(15,10-20(5)16)18-14-9-12(4)7-8-13(14)11(2)3/h11-14H,6-10H2,1-5H3/t12-,13+,14-,19?,20?/m1/s1. The fraction of sp³-hybridized carbons (Fsp3) is 1.00. The van der Waals surface area contributed by atoms with Gasteiger partial charge in [0.2, 0.25) is 0 Å². The fourth-order valence-corrected chi connectivity index (χ4v) is 6.39. The second kappa shape index (κ2) is 8.07. The molecular weight excluding hydrogens is 295 g/mol. The van der Waals surface area contributed by atoms with Crippen LogP contribution >= 0.6 is 7.60 Å². The third kappa shape index (κ3) is 5.59. The van der Waals surface area contributed by atoms with Gasteiger partial charge in [-0.2, -0.15) is 0 Å². The molecule has 1 saturated carbocycles. The monoisotopic (exact) mass is 324 g/mol. The smallest absolute Gasteiger partial charge is 0.308 e. The first-order chi connectivity index (χ1) is 9.27. The van der Waals surface area contributed by atoms with Crippen LogP contribution < -0.4 is 0 Å². The molecule has 0 heterocycles. The third-order valence-electron chi connectivity index (χ3n) is 3.92. The van der Waals surface area contributed by atoms with E-state index >= 15 is 0 Å². The first kappa shape index (κ1) is 18.3. The lowest BCUT2D eigenvalue weighted by Crippen LogP contribution is -2.34. The molecule has 4 nitrogen and oxygen atoms in total. The summed E-state index contributed by atoms with van der Waals surface area (Å²) in [7, 11) is -4.43. The Hall–Kier alpha value is 0.300. The summed E-state index contributed by atoms with van der Waals surface area (Å²) in [5.74, 6) is 1.48. The van der Waals surface area contributed by atoms with Crippen LogP contribution in [-0.2, 0) is 24.4 Å². The molecule has 0 amide bonds. The molecule has 0 spiro atoms. The SMILES string of the molecule is CCOP(=O)(CS(C)=O)O[C@@H]1C[C@H](C)CC[C@H]1C(C)C. The van der Waals surface area contributed by atoms with Crippen molar-refractivity contribution in [3.8, 4) is 0 Å². The summed E-state index contributed by atoms with van der Waals surface area (Å²) >= 11 is 0. The van der Waals surface area contributed by atoms with Crippen molar-refractivity contribution in [3.05, 3.63) is 0 Å². The number of hydrogen-bond donors (Lipinski definition) is 0. The average molecular weight is 324 g/mol. The highest BCUT2D eigenvalue weighted by Gasteiger charge is 2.38. The van der Waals surface area contributed by atoms with E-state index in [-0.39, 0.29) is 11.6 Å². The second-order valence-corrected chi connectivity index (χ2v) is 10.1. The lowest BCUT2D eigenvalue weighted by molar-refractivity contribution is 0.0331. The van der Waals surface area contributed by atoms with Crippen LogP contribution in [-0.4, -0.2) is 28.7 Å². The van der Waals surface area contributed by atoms with Gasteiger partial charge in [0.05, 0.1) is 12.7 Å². The summed E-state index contributed by atoms with van der Waals surface area (Å²) in [4.78, 5) is 0. The molecule has 0 aromatic heterocycles. The first-order valence-electron chi connectivity index (χ1n) is 7.49. The van der Waals surface area contributed by atoms with Gasteiger partial charge in [0.25, 0.3) is 0 Å². The first-order valence-corrected chi connectivity index (χ1v) is 10.9. The minimum absolute atomic E-state index is 0.00344. The highest BCUT2D eigenvalue weighted by molar-refractivity contribution is 7.91. The molecule has 20 heavy (non-hydrogen) atoms. The van der Waals surface area contributed by atoms with Crippen molar-refractivity contribution in [1.82, 2.24) is 0 Å². The molecule has 1 rings (SSSR count). The second-order valence-electron chi connectivity index (χ2n) is 6.20. The molecule has 0 radical (unpaired) electrons. The highest BCUT2D eigenvalue weighted by Crippen LogP contribution is 2.53. The van der Waals surface area contributed by atoms with Gasteiger partial charge in [0, 0.05) is 17.1 Å². The molecule has 0 N–H and O–H groups in total. The van der Waals surface area contributed by atoms with Crippen LogP contribution in [0.25, 0.3) is 0 Å². The quantitative estimate of drug-likeness (QED) is 0.664. The average Bonchev–Trinajstić information content (AvgIpc) is 2.26. The highest BCUT2D eigenvalue weighted by atomic mass is 32.2. The van der Waals surface area contributed by atoms with Crippen LogP contribution in [0, 0.1) is 17.8 Å². The van der Waals surface area contributed by atoms with Crippen LogP contribution in [0.2, 0.25) is 0 Å². The van der Waals surface area contributed by atoms with E-state index in [0.717, 1.165) is 12.8 Å². The van der Waals surface area contributed by atoms with Crippen molar-refractivity contribution in [2.24, 2.45) is 17.8 Å². The molecule has 2 unspecified atom stereocenters. The lowest BCUT2D eigenvalue weighted by Gasteiger charge is -2.38. The maximum Gasteiger partial charge on any atom is 0.343 e. The Morgan fingerprint density at radius 2 is 2.00 bits per heavy atom. The Kier molecular flexibility index (Phi) is 7.40. The Labute approximate surface area is 126 Å². The topological polar surface area (TPSA) is 52.6 Å². The molecule has 120 valence electrons. The van der Waals surface area contributed by atoms with Gasteiger partial charge in [-0.05, 0) is 37.5 Å². The summed E-state index contributed by atoms with van der Waals surface area (Å²) < 4.78 is 35.4. The molecular formula is C14H29O4PS. The van der Waals surface area contributed by atoms with Gasteiger partial charge >= 0.3 is 7.60 Å². The van der Waals surface area contributed by atoms with Gasteiger partial charge in [-0.3, -0.25) is 8.77 Å². The van der Waals surface area contributed by atoms with Crippen molar-refractivity contribution in [2.75, 3.05) is 18.4 Å². The van der Waals surface area contributed by atoms with E-state index in [1.54, 1.807) is 13.2 Å². The Balaban J connectivity index is 2.82. The number of hydrogen-bond acceptors (Lipinski definition) is 4. The van der Waals surface area contributed by atoms with Gasteiger partial charge in [-0.15, -0.1) is 0 Å². The van der Waals surface area contributed by atoms with Crippen LogP contribution in [0.15, 0.2) is 0 Å². The molecule has 1 fully saturated rings. The van der Waals surface area contributed by atoms with Gasteiger partial charge in [-0.25, -0.2) is 0 Å². The van der Waals surface area contributed by atoms with Crippen LogP contribution in [0.4, 0.5) is 0 Å². The zero-order valence-electron chi connectivity index (χ0n) is 13.3. The molecule has 0 aromatic carbocycles. The predicted octanol–water partition coefficient (Wildman–Crippen LogP) is 4.03. The van der Waals surface area contributed by atoms with Crippen LogP contribution in [0.5, 0.6) is 0 Å². The lowest BCUT2D eigenvalue weighted by atomic mass is 9.75. The van der Waals surface area contributed by atoms with Crippen molar-refractivity contribution >= 4 is 18.4 Å². The van der Waals surface area contributed by atoms with E-state index < -0.39 is 18.4 Å². The van der Waals surface area contributed by atoms with Crippen LogP contribution in [0.3, 0.4) is 0 Å². The zero-order valence-corrected chi connectivity index (χ0v) is 15.0. The Bertz CT molecular complexity index is 372. The van der Waals surface area contributed by atoms with Crippen molar-refractivity contribution < 1.29 is 17.8 Å². The molecule has 0 bridgehead atoms. The molecule has 0 saturated heterocycles. The third-order valence-corrected chi connectivity index (χ3v) is 7.89. The van der Waals surface area contributed by atoms with E-state index in [0.29, 0.717) is 24.4 Å². The van der Waals surface area contributed by atoms with E-state index in [4.69, 9.17) is 9.05 Å². The molecule has 1 aliphatic carbocycles. The summed E-state index contributed by atoms with van der Waals surface area (Å²) in [6.07, 6.45) is 4.71. The van der Waals surface area contributed by atoms with Crippen molar-refractivity contribution in [2.45, 2.75) is 53.1 Å². The van der Waals surface area contributed by atoms with E-state index in [1.807, 2.05) is 0 Å². The Morgan fingerprint density at radius 1 is 1.35 bits per heavy atom. The van der Waals surface area contributed by atoms with Gasteiger partial charge in [-0.1, -0.05) is 27.2 Å². The minimum atomic E-state index is -3.25. The fourth-order valence-electron chi connectivity index (χ4n) is 2.96. The summed E-state index contributed by atoms with van der Waals surface area (Å²) in [6.45, 7) is 8.68. The molecule has 5 atom stereocenters. The normalized spacial score (nSPS) is 32.0. The Morgan fingerprint density at radius 3 is 2.50 bits per heavy atom. The maximum atomic E-state index is 12.7. The van der Waals surface area contributed by atoms with Gasteiger partial charge in [0.15, 0.2) is 0 Å². The molecule has 6 heteroatoms. The molecule has 0 aliphatic heterocycles. The van der Waals surface area contributed by atoms with Crippen molar-refractivity contribution in [3.63, 3.8) is 0 Å². The molecule has 1 aliphatic rings. The maximum absolute atomic E-state index is 12.7. The van der Waals surface area contributed by atoms with E-state index in [2.05, 4.69) is 20.8 Å². The molecule has 0 aromatic rings. The summed E-state index contributed by atoms with van der Waals surface area (Å²) in [5, 5.41) is 0. The van der Waals surface area contributed by atoms with Gasteiger partial charge < -0.3 is 9.05 Å². The van der Waals surface area contributed by atoms with Crippen LogP contribution in [0.1, 0.15) is 47.0 Å². The largest absolute Gasteiger partial charge is 0.343 e. The summed E-state index contributed by atoms with van der Waals surface area (Å²) in [6, 6.07) is 0. The van der Waals surface area contributed by atoms with E-state index in [9.17, 15) is 8.77 Å². The summed E-state index contributed by atoms with van der Waals surface area (Å²) in [5.41, 5.74) is -0.00344. The predicted molar refractivity (Wildman–Crippen MR) is 84.4 cm³/mol. The minimum Gasteiger partial charge on any atom is -0.308 e.